The first-order valence-corrected chi connectivity index (χ1v) is 9.10. The molecule has 1 saturated heterocycles. The molecule has 8 heteroatoms. The second-order valence-corrected chi connectivity index (χ2v) is 7.05. The van der Waals surface area contributed by atoms with Crippen molar-refractivity contribution in [2.75, 3.05) is 32.7 Å². The number of ether oxygens (including phenoxy) is 1. The summed E-state index contributed by atoms with van der Waals surface area (Å²) in [5, 5.41) is 4.71. The molecule has 1 aliphatic heterocycles. The lowest BCUT2D eigenvalue weighted by atomic mass is 10.2. The fraction of sp³-hybridized carbons (Fsp3) is 0.500. The highest BCUT2D eigenvalue weighted by molar-refractivity contribution is 6.30. The maximum Gasteiger partial charge on any atom is 0.320 e. The standard InChI is InChI=1S/C18H23ClN4O3/c1-13(2)25-17(24)12-23-9-7-22(8-10-23)11-16-20-18(21-26-16)14-3-5-15(19)6-4-14/h3-6,13H,7-12H2,1-2H3. The van der Waals surface area contributed by atoms with Gasteiger partial charge in [0.25, 0.3) is 0 Å². The zero-order chi connectivity index (χ0) is 18.5. The smallest absolute Gasteiger partial charge is 0.320 e. The number of piperazine rings is 1. The summed E-state index contributed by atoms with van der Waals surface area (Å²) >= 11 is 5.90. The van der Waals surface area contributed by atoms with Gasteiger partial charge in [-0.25, -0.2) is 0 Å². The van der Waals surface area contributed by atoms with Crippen LogP contribution in [0.4, 0.5) is 0 Å². The van der Waals surface area contributed by atoms with Crippen molar-refractivity contribution in [3.05, 3.63) is 35.2 Å². The van der Waals surface area contributed by atoms with E-state index < -0.39 is 0 Å². The molecule has 1 fully saturated rings. The quantitative estimate of drug-likeness (QED) is 0.715. The Bertz CT molecular complexity index is 724. The number of carbonyl (C=O) groups is 1. The average molecular weight is 379 g/mol. The van der Waals surface area contributed by atoms with Gasteiger partial charge in [-0.05, 0) is 38.1 Å². The van der Waals surface area contributed by atoms with Gasteiger partial charge in [0.05, 0.1) is 19.2 Å². The van der Waals surface area contributed by atoms with Crippen LogP contribution < -0.4 is 0 Å². The van der Waals surface area contributed by atoms with E-state index in [0.717, 1.165) is 31.7 Å². The normalized spacial score (nSPS) is 16.2. The van der Waals surface area contributed by atoms with Crippen LogP contribution in [0.3, 0.4) is 0 Å². The Labute approximate surface area is 157 Å². The number of rotatable bonds is 6. The van der Waals surface area contributed by atoms with E-state index in [2.05, 4.69) is 19.9 Å². The van der Waals surface area contributed by atoms with Gasteiger partial charge in [-0.15, -0.1) is 0 Å². The summed E-state index contributed by atoms with van der Waals surface area (Å²) in [4.78, 5) is 20.5. The monoisotopic (exact) mass is 378 g/mol. The minimum absolute atomic E-state index is 0.0730. The molecule has 0 amide bonds. The Morgan fingerprint density at radius 2 is 1.85 bits per heavy atom. The summed E-state index contributed by atoms with van der Waals surface area (Å²) in [6.07, 6.45) is -0.0730. The lowest BCUT2D eigenvalue weighted by molar-refractivity contribution is -0.149. The van der Waals surface area contributed by atoms with Crippen LogP contribution in [0, 0.1) is 0 Å². The molecule has 0 unspecified atom stereocenters. The molecule has 0 saturated carbocycles. The van der Waals surface area contributed by atoms with E-state index in [0.29, 0.717) is 29.8 Å². The molecule has 26 heavy (non-hydrogen) atoms. The third kappa shape index (κ3) is 5.27. The Kier molecular flexibility index (Phi) is 6.24. The van der Waals surface area contributed by atoms with Crippen LogP contribution in [0.5, 0.6) is 0 Å². The molecule has 1 aromatic heterocycles. The summed E-state index contributed by atoms with van der Waals surface area (Å²) in [6.45, 7) is 7.97. The number of benzene rings is 1. The molecule has 0 bridgehead atoms. The molecule has 0 spiro atoms. The lowest BCUT2D eigenvalue weighted by Gasteiger charge is -2.33. The zero-order valence-corrected chi connectivity index (χ0v) is 15.8. The van der Waals surface area contributed by atoms with Crippen molar-refractivity contribution in [1.82, 2.24) is 19.9 Å². The molecular weight excluding hydrogens is 356 g/mol. The predicted octanol–water partition coefficient (Wildman–Crippen LogP) is 2.46. The van der Waals surface area contributed by atoms with Crippen molar-refractivity contribution in [3.8, 4) is 11.4 Å². The van der Waals surface area contributed by atoms with E-state index in [1.807, 2.05) is 26.0 Å². The number of carbonyl (C=O) groups excluding carboxylic acids is 1. The summed E-state index contributed by atoms with van der Waals surface area (Å²) in [5.74, 6) is 0.979. The molecule has 0 aliphatic carbocycles. The van der Waals surface area contributed by atoms with Crippen molar-refractivity contribution in [2.45, 2.75) is 26.5 Å². The molecule has 0 radical (unpaired) electrons. The van der Waals surface area contributed by atoms with E-state index in [9.17, 15) is 4.79 Å². The topological polar surface area (TPSA) is 71.7 Å². The fourth-order valence-corrected chi connectivity index (χ4v) is 2.94. The Balaban J connectivity index is 1.48. The average Bonchev–Trinajstić information content (AvgIpc) is 3.05. The molecule has 0 N–H and O–H groups in total. The minimum atomic E-state index is -0.169. The Morgan fingerprint density at radius 1 is 1.19 bits per heavy atom. The van der Waals surface area contributed by atoms with Crippen molar-refractivity contribution in [3.63, 3.8) is 0 Å². The minimum Gasteiger partial charge on any atom is -0.462 e. The maximum absolute atomic E-state index is 11.7. The summed E-state index contributed by atoms with van der Waals surface area (Å²) in [5.41, 5.74) is 0.873. The van der Waals surface area contributed by atoms with Gasteiger partial charge in [0.15, 0.2) is 0 Å². The number of nitrogens with zero attached hydrogens (tertiary/aromatic N) is 4. The van der Waals surface area contributed by atoms with Crippen molar-refractivity contribution >= 4 is 17.6 Å². The first kappa shape index (κ1) is 18.8. The number of halogens is 1. The van der Waals surface area contributed by atoms with Crippen molar-refractivity contribution in [2.24, 2.45) is 0 Å². The number of aromatic nitrogens is 2. The van der Waals surface area contributed by atoms with Crippen LogP contribution in [-0.4, -0.2) is 64.7 Å². The van der Waals surface area contributed by atoms with E-state index in [4.69, 9.17) is 20.9 Å². The zero-order valence-electron chi connectivity index (χ0n) is 15.0. The third-order valence-electron chi connectivity index (χ3n) is 4.11. The van der Waals surface area contributed by atoms with Crippen LogP contribution in [-0.2, 0) is 16.1 Å². The highest BCUT2D eigenvalue weighted by Gasteiger charge is 2.21. The van der Waals surface area contributed by atoms with E-state index >= 15 is 0 Å². The number of esters is 1. The van der Waals surface area contributed by atoms with Crippen LogP contribution in [0.15, 0.2) is 28.8 Å². The van der Waals surface area contributed by atoms with E-state index in [1.165, 1.54) is 0 Å². The van der Waals surface area contributed by atoms with Crippen LogP contribution in [0.25, 0.3) is 11.4 Å². The van der Waals surface area contributed by atoms with Gasteiger partial charge in [0, 0.05) is 36.8 Å². The summed E-state index contributed by atoms with van der Waals surface area (Å²) in [7, 11) is 0. The van der Waals surface area contributed by atoms with Gasteiger partial charge in [-0.3, -0.25) is 14.6 Å². The molecule has 7 nitrogen and oxygen atoms in total. The fourth-order valence-electron chi connectivity index (χ4n) is 2.81. The molecule has 1 aliphatic rings. The SMILES string of the molecule is CC(C)OC(=O)CN1CCN(Cc2nc(-c3ccc(Cl)cc3)no2)CC1. The largest absolute Gasteiger partial charge is 0.462 e. The van der Waals surface area contributed by atoms with Crippen LogP contribution >= 0.6 is 11.6 Å². The molecular formula is C18H23ClN4O3. The van der Waals surface area contributed by atoms with Gasteiger partial charge in [-0.1, -0.05) is 16.8 Å². The lowest BCUT2D eigenvalue weighted by Crippen LogP contribution is -2.47. The molecule has 2 heterocycles. The van der Waals surface area contributed by atoms with Crippen molar-refractivity contribution < 1.29 is 14.1 Å². The second-order valence-electron chi connectivity index (χ2n) is 6.61. The second kappa shape index (κ2) is 8.62. The summed E-state index contributed by atoms with van der Waals surface area (Å²) < 4.78 is 10.6. The summed E-state index contributed by atoms with van der Waals surface area (Å²) in [6, 6.07) is 7.34. The van der Waals surface area contributed by atoms with Gasteiger partial charge in [-0.2, -0.15) is 4.98 Å². The Morgan fingerprint density at radius 3 is 2.50 bits per heavy atom. The molecule has 3 rings (SSSR count). The van der Waals surface area contributed by atoms with Gasteiger partial charge in [0.1, 0.15) is 0 Å². The third-order valence-corrected chi connectivity index (χ3v) is 4.37. The number of hydrogen-bond acceptors (Lipinski definition) is 7. The maximum atomic E-state index is 11.7. The molecule has 1 aromatic carbocycles. The van der Waals surface area contributed by atoms with Gasteiger partial charge >= 0.3 is 5.97 Å². The molecule has 140 valence electrons. The highest BCUT2D eigenvalue weighted by atomic mass is 35.5. The van der Waals surface area contributed by atoms with E-state index in [-0.39, 0.29) is 12.1 Å². The van der Waals surface area contributed by atoms with Crippen LogP contribution in [0.2, 0.25) is 5.02 Å². The molecule has 0 atom stereocenters. The Hall–Kier alpha value is -1.96. The van der Waals surface area contributed by atoms with Gasteiger partial charge < -0.3 is 9.26 Å². The van der Waals surface area contributed by atoms with E-state index in [1.54, 1.807) is 12.1 Å². The first-order chi connectivity index (χ1) is 12.5. The molecule has 2 aromatic rings. The van der Waals surface area contributed by atoms with Gasteiger partial charge in [0.2, 0.25) is 11.7 Å². The van der Waals surface area contributed by atoms with Crippen molar-refractivity contribution in [1.29, 1.82) is 0 Å². The van der Waals surface area contributed by atoms with Crippen LogP contribution in [0.1, 0.15) is 19.7 Å². The first-order valence-electron chi connectivity index (χ1n) is 8.72. The number of hydrogen-bond donors (Lipinski definition) is 0. The predicted molar refractivity (Wildman–Crippen MR) is 97.7 cm³/mol. The highest BCUT2D eigenvalue weighted by Crippen LogP contribution is 2.19.